The molecular weight excluding hydrogens is 335 g/mol. The van der Waals surface area contributed by atoms with Crippen LogP contribution in [0.15, 0.2) is 30.5 Å². The van der Waals surface area contributed by atoms with Crippen LogP contribution in [0.3, 0.4) is 0 Å². The van der Waals surface area contributed by atoms with Crippen molar-refractivity contribution < 1.29 is 4.79 Å². The summed E-state index contributed by atoms with van der Waals surface area (Å²) in [5.74, 6) is -0.150. The quantitative estimate of drug-likeness (QED) is 0.892. The van der Waals surface area contributed by atoms with E-state index in [0.717, 1.165) is 25.1 Å². The zero-order chi connectivity index (χ0) is 16.4. The summed E-state index contributed by atoms with van der Waals surface area (Å²) in [5, 5.41) is 11.7. The molecular formula is C16H18Cl2N4O. The lowest BCUT2D eigenvalue weighted by Crippen LogP contribution is -2.46. The highest BCUT2D eigenvalue weighted by Crippen LogP contribution is 2.24. The van der Waals surface area contributed by atoms with E-state index in [9.17, 15) is 4.79 Å². The second-order valence-electron chi connectivity index (χ2n) is 5.79. The van der Waals surface area contributed by atoms with Crippen LogP contribution < -0.4 is 10.6 Å². The van der Waals surface area contributed by atoms with Crippen molar-refractivity contribution in [3.63, 3.8) is 0 Å². The van der Waals surface area contributed by atoms with Crippen LogP contribution in [-0.2, 0) is 0 Å². The van der Waals surface area contributed by atoms with Crippen LogP contribution >= 0.6 is 23.2 Å². The number of carbonyl (C=O) groups excluding carboxylic acids is 1. The number of hydrogen-bond acceptors (Lipinski definition) is 3. The van der Waals surface area contributed by atoms with Gasteiger partial charge in [-0.3, -0.25) is 4.79 Å². The van der Waals surface area contributed by atoms with Crippen molar-refractivity contribution in [2.45, 2.75) is 31.8 Å². The van der Waals surface area contributed by atoms with Crippen LogP contribution in [0.1, 0.15) is 30.3 Å². The fraction of sp³-hybridized carbons (Fsp3) is 0.375. The van der Waals surface area contributed by atoms with Crippen LogP contribution in [0.25, 0.3) is 5.69 Å². The lowest BCUT2D eigenvalue weighted by atomic mass is 10.0. The molecule has 0 aliphatic carbocycles. The van der Waals surface area contributed by atoms with E-state index in [0.29, 0.717) is 21.8 Å². The van der Waals surface area contributed by atoms with Gasteiger partial charge in [0.25, 0.3) is 5.91 Å². The van der Waals surface area contributed by atoms with Crippen molar-refractivity contribution in [2.75, 3.05) is 6.54 Å². The molecule has 2 atom stereocenters. The topological polar surface area (TPSA) is 59.0 Å². The van der Waals surface area contributed by atoms with E-state index in [2.05, 4.69) is 22.7 Å². The molecule has 1 amide bonds. The number of piperidine rings is 1. The first kappa shape index (κ1) is 16.3. The van der Waals surface area contributed by atoms with Gasteiger partial charge in [0.05, 0.1) is 15.7 Å². The average molecular weight is 353 g/mol. The standard InChI is InChI=1S/C16H18Cl2N4O/c1-10-8-11(4-6-19-10)20-16(23)15-5-7-22(21-15)12-2-3-13(17)14(18)9-12/h2-3,5,7,9-11,19H,4,6,8H2,1H3,(H,20,23). The largest absolute Gasteiger partial charge is 0.348 e. The van der Waals surface area contributed by atoms with Crippen LogP contribution in [0.5, 0.6) is 0 Å². The first-order chi connectivity index (χ1) is 11.0. The van der Waals surface area contributed by atoms with Crippen molar-refractivity contribution >= 4 is 29.1 Å². The molecule has 1 aliphatic heterocycles. The molecule has 5 nitrogen and oxygen atoms in total. The smallest absolute Gasteiger partial charge is 0.272 e. The molecule has 2 unspecified atom stereocenters. The summed E-state index contributed by atoms with van der Waals surface area (Å²) >= 11 is 11.9. The molecule has 1 aliphatic rings. The molecule has 7 heteroatoms. The number of carbonyl (C=O) groups is 1. The second kappa shape index (κ2) is 6.91. The number of aromatic nitrogens is 2. The van der Waals surface area contributed by atoms with Gasteiger partial charge in [0.1, 0.15) is 0 Å². The van der Waals surface area contributed by atoms with E-state index in [1.54, 1.807) is 35.1 Å². The molecule has 3 rings (SSSR count). The molecule has 122 valence electrons. The molecule has 0 radical (unpaired) electrons. The van der Waals surface area contributed by atoms with Gasteiger partial charge in [0, 0.05) is 18.3 Å². The maximum absolute atomic E-state index is 12.3. The number of rotatable bonds is 3. The Bertz CT molecular complexity index is 716. The lowest BCUT2D eigenvalue weighted by molar-refractivity contribution is 0.0920. The minimum atomic E-state index is -0.150. The zero-order valence-corrected chi connectivity index (χ0v) is 14.2. The molecule has 1 saturated heterocycles. The Kier molecular flexibility index (Phi) is 4.90. The van der Waals surface area contributed by atoms with E-state index in [4.69, 9.17) is 23.2 Å². The molecule has 23 heavy (non-hydrogen) atoms. The van der Waals surface area contributed by atoms with Gasteiger partial charge < -0.3 is 10.6 Å². The van der Waals surface area contributed by atoms with Gasteiger partial charge in [-0.25, -0.2) is 4.68 Å². The summed E-state index contributed by atoms with van der Waals surface area (Å²) in [6.45, 7) is 3.04. The Morgan fingerprint density at radius 3 is 2.91 bits per heavy atom. The average Bonchev–Trinajstić information content (AvgIpc) is 3.00. The minimum Gasteiger partial charge on any atom is -0.348 e. The van der Waals surface area contributed by atoms with Crippen molar-refractivity contribution in [1.29, 1.82) is 0 Å². The molecule has 2 aromatic rings. The number of hydrogen-bond donors (Lipinski definition) is 2. The molecule has 2 N–H and O–H groups in total. The monoisotopic (exact) mass is 352 g/mol. The van der Waals surface area contributed by atoms with Gasteiger partial charge in [0.15, 0.2) is 5.69 Å². The van der Waals surface area contributed by atoms with Gasteiger partial charge in [-0.1, -0.05) is 23.2 Å². The zero-order valence-electron chi connectivity index (χ0n) is 12.7. The molecule has 1 aromatic carbocycles. The second-order valence-corrected chi connectivity index (χ2v) is 6.61. The first-order valence-corrected chi connectivity index (χ1v) is 8.34. The van der Waals surface area contributed by atoms with E-state index >= 15 is 0 Å². The van der Waals surface area contributed by atoms with E-state index in [1.807, 2.05) is 0 Å². The molecule has 0 saturated carbocycles. The molecule has 0 bridgehead atoms. The first-order valence-electron chi connectivity index (χ1n) is 7.58. The van der Waals surface area contributed by atoms with Crippen molar-refractivity contribution in [3.8, 4) is 5.69 Å². The SMILES string of the molecule is CC1CC(NC(=O)c2ccn(-c3ccc(Cl)c(Cl)c3)n2)CCN1. The summed E-state index contributed by atoms with van der Waals surface area (Å²) in [6, 6.07) is 7.53. The summed E-state index contributed by atoms with van der Waals surface area (Å²) in [4.78, 5) is 12.3. The highest BCUT2D eigenvalue weighted by Gasteiger charge is 2.21. The predicted octanol–water partition coefficient (Wildman–Crippen LogP) is 3.05. The fourth-order valence-electron chi connectivity index (χ4n) is 2.74. The Morgan fingerprint density at radius 2 is 2.17 bits per heavy atom. The maximum Gasteiger partial charge on any atom is 0.272 e. The van der Waals surface area contributed by atoms with Gasteiger partial charge in [-0.15, -0.1) is 0 Å². The molecule has 2 heterocycles. The van der Waals surface area contributed by atoms with Gasteiger partial charge in [0.2, 0.25) is 0 Å². The molecule has 0 spiro atoms. The predicted molar refractivity (Wildman–Crippen MR) is 91.5 cm³/mol. The van der Waals surface area contributed by atoms with Crippen LogP contribution in [0.2, 0.25) is 10.0 Å². The van der Waals surface area contributed by atoms with E-state index in [1.165, 1.54) is 0 Å². The van der Waals surface area contributed by atoms with Crippen molar-refractivity contribution in [1.82, 2.24) is 20.4 Å². The summed E-state index contributed by atoms with van der Waals surface area (Å²) < 4.78 is 1.61. The normalized spacial score (nSPS) is 21.2. The summed E-state index contributed by atoms with van der Waals surface area (Å²) in [7, 11) is 0. The number of nitrogens with one attached hydrogen (secondary N) is 2. The number of nitrogens with zero attached hydrogens (tertiary/aromatic N) is 2. The summed E-state index contributed by atoms with van der Waals surface area (Å²) in [6.07, 6.45) is 3.60. The Hall–Kier alpha value is -1.56. The minimum absolute atomic E-state index is 0.150. The fourth-order valence-corrected chi connectivity index (χ4v) is 3.03. The Balaban J connectivity index is 1.70. The van der Waals surface area contributed by atoms with E-state index < -0.39 is 0 Å². The van der Waals surface area contributed by atoms with Crippen LogP contribution in [0.4, 0.5) is 0 Å². The Labute approximate surface area is 145 Å². The Morgan fingerprint density at radius 1 is 1.35 bits per heavy atom. The molecule has 1 aromatic heterocycles. The van der Waals surface area contributed by atoms with Gasteiger partial charge in [-0.05, 0) is 50.6 Å². The van der Waals surface area contributed by atoms with Crippen molar-refractivity contribution in [2.24, 2.45) is 0 Å². The van der Waals surface area contributed by atoms with Crippen LogP contribution in [0, 0.1) is 0 Å². The number of halogens is 2. The van der Waals surface area contributed by atoms with Crippen LogP contribution in [-0.4, -0.2) is 34.3 Å². The lowest BCUT2D eigenvalue weighted by Gasteiger charge is -2.28. The third-order valence-corrected chi connectivity index (χ3v) is 4.69. The number of amides is 1. The van der Waals surface area contributed by atoms with Gasteiger partial charge in [-0.2, -0.15) is 5.10 Å². The third-order valence-electron chi connectivity index (χ3n) is 3.95. The van der Waals surface area contributed by atoms with Gasteiger partial charge >= 0.3 is 0 Å². The highest BCUT2D eigenvalue weighted by atomic mass is 35.5. The van der Waals surface area contributed by atoms with Crippen molar-refractivity contribution in [3.05, 3.63) is 46.2 Å². The highest BCUT2D eigenvalue weighted by molar-refractivity contribution is 6.42. The summed E-state index contributed by atoms with van der Waals surface area (Å²) in [5.41, 5.74) is 1.15. The maximum atomic E-state index is 12.3. The third kappa shape index (κ3) is 3.86. The molecule has 1 fully saturated rings. The number of benzene rings is 1. The van der Waals surface area contributed by atoms with E-state index in [-0.39, 0.29) is 11.9 Å².